The smallest absolute Gasteiger partial charge is 0.345 e. The number of amides is 1. The molecule has 29 heavy (non-hydrogen) atoms. The van der Waals surface area contributed by atoms with Gasteiger partial charge in [-0.1, -0.05) is 20.8 Å². The van der Waals surface area contributed by atoms with Gasteiger partial charge in [0.25, 0.3) is 11.6 Å². The van der Waals surface area contributed by atoms with E-state index in [1.54, 1.807) is 0 Å². The molecule has 1 heterocycles. The zero-order valence-corrected chi connectivity index (χ0v) is 16.6. The van der Waals surface area contributed by atoms with E-state index in [-0.39, 0.29) is 40.7 Å². The van der Waals surface area contributed by atoms with Crippen LogP contribution in [0.4, 0.5) is 5.69 Å². The van der Waals surface area contributed by atoms with Crippen LogP contribution in [0, 0.1) is 26.9 Å². The lowest BCUT2D eigenvalue weighted by Crippen LogP contribution is -2.48. The number of carbonyl (C=O) groups excluding carboxylic acids is 2. The molecule has 4 rings (SSSR count). The second-order valence-electron chi connectivity index (χ2n) is 8.79. The molecule has 1 amide bonds. The van der Waals surface area contributed by atoms with E-state index in [0.717, 1.165) is 18.9 Å². The van der Waals surface area contributed by atoms with E-state index < -0.39 is 29.1 Å². The number of hydrogen-bond acceptors (Lipinski definition) is 7. The molecule has 9 heteroatoms. The molecule has 2 fully saturated rings. The molecular weight excluding hydrogens is 380 g/mol. The second-order valence-corrected chi connectivity index (χ2v) is 8.79. The normalized spacial score (nSPS) is 28.2. The third-order valence-corrected chi connectivity index (χ3v) is 7.37. The summed E-state index contributed by atoms with van der Waals surface area (Å²) in [6.45, 7) is 6.12. The fourth-order valence-electron chi connectivity index (χ4n) is 5.11. The van der Waals surface area contributed by atoms with Gasteiger partial charge < -0.3 is 19.5 Å². The molecular formula is C20H24N2O7. The third-order valence-electron chi connectivity index (χ3n) is 7.37. The lowest BCUT2D eigenvalue weighted by Gasteiger charge is -2.39. The van der Waals surface area contributed by atoms with Crippen LogP contribution in [-0.4, -0.2) is 36.2 Å². The number of nitro groups is 1. The summed E-state index contributed by atoms with van der Waals surface area (Å²) in [5, 5.41) is 14.3. The van der Waals surface area contributed by atoms with E-state index in [1.165, 1.54) is 12.5 Å². The molecule has 2 saturated carbocycles. The molecule has 1 aromatic rings. The van der Waals surface area contributed by atoms with E-state index in [4.69, 9.17) is 14.2 Å². The summed E-state index contributed by atoms with van der Waals surface area (Å²) in [6, 6.07) is 2.36. The van der Waals surface area contributed by atoms with E-state index >= 15 is 0 Å². The Labute approximate surface area is 167 Å². The highest BCUT2D eigenvalue weighted by Gasteiger charge is 2.61. The first-order valence-electron chi connectivity index (χ1n) is 9.68. The van der Waals surface area contributed by atoms with Crippen molar-refractivity contribution in [3.05, 3.63) is 27.8 Å². The van der Waals surface area contributed by atoms with Gasteiger partial charge in [0, 0.05) is 12.1 Å². The van der Waals surface area contributed by atoms with Crippen LogP contribution in [0.1, 0.15) is 50.4 Å². The van der Waals surface area contributed by atoms with Gasteiger partial charge in [-0.05, 0) is 36.0 Å². The number of rotatable bonds is 5. The third kappa shape index (κ3) is 2.99. The van der Waals surface area contributed by atoms with Gasteiger partial charge in [-0.3, -0.25) is 14.9 Å². The quantitative estimate of drug-likeness (QED) is 0.455. The topological polar surface area (TPSA) is 117 Å². The largest absolute Gasteiger partial charge is 0.454 e. The Bertz CT molecular complexity index is 897. The first-order valence-corrected chi connectivity index (χ1v) is 9.68. The highest BCUT2D eigenvalue weighted by atomic mass is 16.7. The number of benzene rings is 1. The second kappa shape index (κ2) is 6.60. The Morgan fingerprint density at radius 3 is 2.55 bits per heavy atom. The van der Waals surface area contributed by atoms with Crippen molar-refractivity contribution in [3.63, 3.8) is 0 Å². The van der Waals surface area contributed by atoms with Crippen molar-refractivity contribution in [1.82, 2.24) is 5.32 Å². The summed E-state index contributed by atoms with van der Waals surface area (Å²) < 4.78 is 15.3. The fraction of sp³-hybridized carbons (Fsp3) is 0.600. The van der Waals surface area contributed by atoms with Crippen LogP contribution in [0.3, 0.4) is 0 Å². The van der Waals surface area contributed by atoms with Gasteiger partial charge in [-0.2, -0.15) is 0 Å². The summed E-state index contributed by atoms with van der Waals surface area (Å²) in [5.74, 6) is -0.375. The highest BCUT2D eigenvalue weighted by molar-refractivity contribution is 5.96. The predicted octanol–water partition coefficient (Wildman–Crippen LogP) is 2.81. The van der Waals surface area contributed by atoms with Crippen molar-refractivity contribution in [2.24, 2.45) is 16.7 Å². The van der Waals surface area contributed by atoms with Crippen LogP contribution in [0.5, 0.6) is 11.5 Å². The molecule has 1 N–H and O–H groups in total. The minimum Gasteiger partial charge on any atom is -0.454 e. The van der Waals surface area contributed by atoms with Crippen LogP contribution in [-0.2, 0) is 9.53 Å². The summed E-state index contributed by atoms with van der Waals surface area (Å²) in [4.78, 5) is 35.4. The zero-order chi connectivity index (χ0) is 21.0. The van der Waals surface area contributed by atoms with E-state index in [0.29, 0.717) is 5.92 Å². The standard InChI is InChI=1S/C20H24N2O7/c1-19(2)11-4-5-20(19,3)16(6-11)21-17(23)9-27-18(24)12-7-14-15(29-10-28-14)8-13(12)22(25)26/h7-8,11,16H,4-6,9-10H2,1-3H3,(H,21,23)/t11-,16-,20-/m0/s1. The van der Waals surface area contributed by atoms with Crippen LogP contribution in [0.15, 0.2) is 12.1 Å². The molecule has 1 aliphatic heterocycles. The number of esters is 1. The number of fused-ring (bicyclic) bond motifs is 3. The van der Waals surface area contributed by atoms with E-state index in [9.17, 15) is 19.7 Å². The SMILES string of the molecule is CC1(C)[C@H]2CC[C@@]1(C)[C@@H](NC(=O)COC(=O)c1cc3c(cc1[N+](=O)[O-])OCO3)C2. The van der Waals surface area contributed by atoms with Crippen LogP contribution >= 0.6 is 0 Å². The van der Waals surface area contributed by atoms with Gasteiger partial charge in [-0.15, -0.1) is 0 Å². The van der Waals surface area contributed by atoms with E-state index in [1.807, 2.05) is 0 Å². The monoisotopic (exact) mass is 404 g/mol. The molecule has 0 radical (unpaired) electrons. The molecule has 1 aromatic carbocycles. The Balaban J connectivity index is 1.41. The molecule has 3 atom stereocenters. The average Bonchev–Trinajstić information content (AvgIpc) is 3.27. The van der Waals surface area contributed by atoms with Gasteiger partial charge >= 0.3 is 5.97 Å². The summed E-state index contributed by atoms with van der Waals surface area (Å²) in [6.07, 6.45) is 3.13. The molecule has 2 aliphatic carbocycles. The zero-order valence-electron chi connectivity index (χ0n) is 16.6. The van der Waals surface area contributed by atoms with Crippen molar-refractivity contribution < 1.29 is 28.7 Å². The number of carbonyl (C=O) groups is 2. The summed E-state index contributed by atoms with van der Waals surface area (Å²) in [7, 11) is 0. The number of nitrogens with one attached hydrogen (secondary N) is 1. The minimum absolute atomic E-state index is 0.00739. The van der Waals surface area contributed by atoms with Gasteiger partial charge in [0.05, 0.1) is 11.0 Å². The fourth-order valence-corrected chi connectivity index (χ4v) is 5.11. The van der Waals surface area contributed by atoms with Crippen LogP contribution < -0.4 is 14.8 Å². The minimum atomic E-state index is -0.954. The summed E-state index contributed by atoms with van der Waals surface area (Å²) in [5.41, 5.74) is -0.579. The first kappa shape index (κ1) is 19.5. The predicted molar refractivity (Wildman–Crippen MR) is 101 cm³/mol. The van der Waals surface area contributed by atoms with Crippen molar-refractivity contribution in [2.45, 2.75) is 46.1 Å². The molecule has 0 spiro atoms. The van der Waals surface area contributed by atoms with Crippen LogP contribution in [0.25, 0.3) is 0 Å². The number of ether oxygens (including phenoxy) is 3. The number of nitro benzene ring substituents is 1. The number of nitrogens with zero attached hydrogens (tertiary/aromatic N) is 1. The number of hydrogen-bond donors (Lipinski definition) is 1. The Morgan fingerprint density at radius 1 is 1.28 bits per heavy atom. The van der Waals surface area contributed by atoms with Crippen molar-refractivity contribution in [2.75, 3.05) is 13.4 Å². The van der Waals surface area contributed by atoms with Crippen LogP contribution in [0.2, 0.25) is 0 Å². The lowest BCUT2D eigenvalue weighted by molar-refractivity contribution is -0.385. The Hall–Kier alpha value is -2.84. The lowest BCUT2D eigenvalue weighted by atomic mass is 9.69. The van der Waals surface area contributed by atoms with Gasteiger partial charge in [0.15, 0.2) is 18.1 Å². The maximum Gasteiger partial charge on any atom is 0.345 e. The van der Waals surface area contributed by atoms with Gasteiger partial charge in [0.2, 0.25) is 6.79 Å². The maximum atomic E-state index is 12.4. The van der Waals surface area contributed by atoms with Gasteiger partial charge in [0.1, 0.15) is 5.56 Å². The Kier molecular flexibility index (Phi) is 4.43. The molecule has 0 aromatic heterocycles. The van der Waals surface area contributed by atoms with E-state index in [2.05, 4.69) is 26.1 Å². The maximum absolute atomic E-state index is 12.4. The van der Waals surface area contributed by atoms with Crippen molar-refractivity contribution >= 4 is 17.6 Å². The van der Waals surface area contributed by atoms with Crippen molar-refractivity contribution in [3.8, 4) is 11.5 Å². The molecule has 0 saturated heterocycles. The molecule has 2 bridgehead atoms. The highest BCUT2D eigenvalue weighted by Crippen LogP contribution is 2.65. The first-order chi connectivity index (χ1) is 13.6. The Morgan fingerprint density at radius 2 is 1.97 bits per heavy atom. The van der Waals surface area contributed by atoms with Gasteiger partial charge in [-0.25, -0.2) is 4.79 Å². The molecule has 0 unspecified atom stereocenters. The average molecular weight is 404 g/mol. The molecule has 9 nitrogen and oxygen atoms in total. The molecule has 3 aliphatic rings. The summed E-state index contributed by atoms with van der Waals surface area (Å²) >= 11 is 0. The molecule has 156 valence electrons. The van der Waals surface area contributed by atoms with Crippen molar-refractivity contribution in [1.29, 1.82) is 0 Å².